The largest absolute Gasteiger partial charge is 0.471 e. The number of hydrogen-bond donors (Lipinski definition) is 2. The van der Waals surface area contributed by atoms with Crippen molar-refractivity contribution in [1.82, 2.24) is 10.3 Å². The number of nitrogens with two attached hydrogens (primary N) is 1. The number of quaternary nitrogens is 1. The van der Waals surface area contributed by atoms with Gasteiger partial charge in [0.1, 0.15) is 6.04 Å². The third-order valence-electron chi connectivity index (χ3n) is 3.82. The minimum atomic E-state index is 0.467. The second kappa shape index (κ2) is 8.74. The quantitative estimate of drug-likeness (QED) is 0.620. The van der Waals surface area contributed by atoms with Gasteiger partial charge < -0.3 is 15.4 Å². The van der Waals surface area contributed by atoms with Crippen LogP contribution in [0.5, 0.6) is 0 Å². The highest BCUT2D eigenvalue weighted by molar-refractivity contribution is 7.80. The zero-order valence-corrected chi connectivity index (χ0v) is 13.1. The Morgan fingerprint density at radius 3 is 3.24 bits per heavy atom. The highest BCUT2D eigenvalue weighted by Gasteiger charge is 2.26. The lowest BCUT2D eigenvalue weighted by atomic mass is 9.93. The molecule has 0 unspecified atom stereocenters. The van der Waals surface area contributed by atoms with Crippen LogP contribution < -0.4 is 10.6 Å². The maximum absolute atomic E-state index is 5.53. The maximum Gasteiger partial charge on any atom is 0.256 e. The van der Waals surface area contributed by atoms with E-state index in [1.165, 1.54) is 24.8 Å². The van der Waals surface area contributed by atoms with E-state index in [0.29, 0.717) is 30.4 Å². The molecule has 0 radical (unpaired) electrons. The number of thiocarbonyl (C=S) groups is 1. The molecule has 2 heterocycles. The first-order chi connectivity index (χ1) is 10.3. The number of hydrogen-bond acceptors (Lipinski definition) is 3. The first kappa shape index (κ1) is 15.9. The van der Waals surface area contributed by atoms with Gasteiger partial charge in [0, 0.05) is 37.3 Å². The molecule has 1 aromatic heterocycles. The van der Waals surface area contributed by atoms with Crippen molar-refractivity contribution < 1.29 is 10.1 Å². The van der Waals surface area contributed by atoms with E-state index in [1.807, 2.05) is 18.5 Å². The Balaban J connectivity index is 1.72. The molecule has 4 nitrogen and oxygen atoms in total. The number of aromatic nitrogens is 1. The number of pyridine rings is 1. The van der Waals surface area contributed by atoms with Crippen molar-refractivity contribution in [2.75, 3.05) is 13.2 Å². The fraction of sp³-hybridized carbons (Fsp3) is 0.500. The van der Waals surface area contributed by atoms with Crippen molar-refractivity contribution in [1.29, 1.82) is 0 Å². The molecule has 3 N–H and O–H groups in total. The van der Waals surface area contributed by atoms with Gasteiger partial charge in [0.15, 0.2) is 0 Å². The molecule has 0 saturated carbocycles. The summed E-state index contributed by atoms with van der Waals surface area (Å²) >= 11 is 5.09. The molecule has 0 spiro atoms. The average Bonchev–Trinajstić information content (AvgIpc) is 2.54. The van der Waals surface area contributed by atoms with Crippen molar-refractivity contribution in [2.45, 2.75) is 37.8 Å². The van der Waals surface area contributed by atoms with Crippen LogP contribution in [0, 0.1) is 0 Å². The molecule has 2 rings (SSSR count). The second-order valence-corrected chi connectivity index (χ2v) is 5.74. The predicted octanol–water partition coefficient (Wildman–Crippen LogP) is 1.71. The maximum atomic E-state index is 5.53. The zero-order chi connectivity index (χ0) is 14.9. The van der Waals surface area contributed by atoms with Crippen LogP contribution >= 0.6 is 12.2 Å². The van der Waals surface area contributed by atoms with E-state index in [-0.39, 0.29) is 0 Å². The van der Waals surface area contributed by atoms with Crippen LogP contribution in [-0.2, 0) is 4.74 Å². The summed E-state index contributed by atoms with van der Waals surface area (Å²) < 4.78 is 5.53. The van der Waals surface area contributed by atoms with Crippen molar-refractivity contribution in [3.8, 4) is 0 Å². The van der Waals surface area contributed by atoms with Crippen LogP contribution in [0.3, 0.4) is 0 Å². The summed E-state index contributed by atoms with van der Waals surface area (Å²) in [5.74, 6) is 0. The van der Waals surface area contributed by atoms with Gasteiger partial charge in [-0.15, -0.1) is 6.58 Å². The van der Waals surface area contributed by atoms with E-state index < -0.39 is 0 Å². The summed E-state index contributed by atoms with van der Waals surface area (Å²) in [7, 11) is 0. The van der Waals surface area contributed by atoms with Crippen LogP contribution in [0.1, 0.15) is 37.3 Å². The molecule has 0 amide bonds. The van der Waals surface area contributed by atoms with E-state index in [1.54, 1.807) is 6.08 Å². The Morgan fingerprint density at radius 2 is 2.48 bits per heavy atom. The minimum absolute atomic E-state index is 0.467. The molecule has 2 atom stereocenters. The topological polar surface area (TPSA) is 50.8 Å². The third kappa shape index (κ3) is 5.44. The summed E-state index contributed by atoms with van der Waals surface area (Å²) in [4.78, 5) is 4.22. The molecule has 1 aliphatic heterocycles. The van der Waals surface area contributed by atoms with E-state index in [0.717, 1.165) is 6.42 Å². The van der Waals surface area contributed by atoms with Crippen LogP contribution in [0.2, 0.25) is 0 Å². The first-order valence-corrected chi connectivity index (χ1v) is 7.97. The van der Waals surface area contributed by atoms with Crippen LogP contribution in [-0.4, -0.2) is 29.4 Å². The van der Waals surface area contributed by atoms with Gasteiger partial charge in [-0.1, -0.05) is 12.1 Å². The number of rotatable bonds is 6. The SMILES string of the molecule is C=CCNC(=S)OCC[C@H]1CCC[C@H](c2cccnc2)[NH2+]1. The standard InChI is InChI=1S/C16H23N3OS/c1-2-9-18-16(21)20-11-8-14-6-3-7-15(19-14)13-5-4-10-17-12-13/h2,4-5,10,12,14-15,19H,1,3,6-9,11H2,(H,18,21)/p+1/t14-,15-/m1/s1. The average molecular weight is 306 g/mol. The highest BCUT2D eigenvalue weighted by Crippen LogP contribution is 2.19. The van der Waals surface area contributed by atoms with E-state index in [2.05, 4.69) is 28.3 Å². The summed E-state index contributed by atoms with van der Waals surface area (Å²) in [6.07, 6.45) is 10.3. The number of nitrogens with zero attached hydrogens (tertiary/aromatic N) is 1. The van der Waals surface area contributed by atoms with Gasteiger partial charge in [-0.3, -0.25) is 4.98 Å². The van der Waals surface area contributed by atoms with Crippen molar-refractivity contribution in [2.24, 2.45) is 0 Å². The molecular formula is C16H24N3OS+. The Hall–Kier alpha value is -1.46. The molecule has 1 fully saturated rings. The monoisotopic (exact) mass is 306 g/mol. The van der Waals surface area contributed by atoms with E-state index in [4.69, 9.17) is 17.0 Å². The van der Waals surface area contributed by atoms with Gasteiger partial charge in [0.25, 0.3) is 5.17 Å². The Morgan fingerprint density at radius 1 is 1.57 bits per heavy atom. The van der Waals surface area contributed by atoms with Crippen LogP contribution in [0.25, 0.3) is 0 Å². The lowest BCUT2D eigenvalue weighted by Gasteiger charge is -2.27. The predicted molar refractivity (Wildman–Crippen MR) is 87.9 cm³/mol. The summed E-state index contributed by atoms with van der Waals surface area (Å²) in [5, 5.41) is 5.91. The van der Waals surface area contributed by atoms with Gasteiger partial charge >= 0.3 is 0 Å². The van der Waals surface area contributed by atoms with Crippen LogP contribution in [0.4, 0.5) is 0 Å². The lowest BCUT2D eigenvalue weighted by molar-refractivity contribution is -0.737. The number of nitrogens with one attached hydrogen (secondary N) is 1. The molecule has 21 heavy (non-hydrogen) atoms. The van der Waals surface area contributed by atoms with Gasteiger partial charge in [-0.2, -0.15) is 0 Å². The molecule has 0 aromatic carbocycles. The molecular weight excluding hydrogens is 282 g/mol. The molecule has 1 aromatic rings. The van der Waals surface area contributed by atoms with E-state index >= 15 is 0 Å². The molecule has 0 aliphatic carbocycles. The van der Waals surface area contributed by atoms with Gasteiger partial charge in [0.2, 0.25) is 0 Å². The number of ether oxygens (including phenoxy) is 1. The van der Waals surface area contributed by atoms with E-state index in [9.17, 15) is 0 Å². The van der Waals surface area contributed by atoms with Crippen molar-refractivity contribution in [3.63, 3.8) is 0 Å². The molecule has 114 valence electrons. The summed E-state index contributed by atoms with van der Waals surface area (Å²) in [5.41, 5.74) is 1.33. The normalized spacial score (nSPS) is 21.5. The zero-order valence-electron chi connectivity index (χ0n) is 12.3. The molecule has 5 heteroatoms. The molecule has 0 bridgehead atoms. The highest BCUT2D eigenvalue weighted by atomic mass is 32.1. The van der Waals surface area contributed by atoms with Gasteiger partial charge in [0.05, 0.1) is 12.6 Å². The minimum Gasteiger partial charge on any atom is -0.471 e. The van der Waals surface area contributed by atoms with Gasteiger partial charge in [-0.05, 0) is 31.1 Å². The van der Waals surface area contributed by atoms with Crippen molar-refractivity contribution >= 4 is 17.4 Å². The van der Waals surface area contributed by atoms with Crippen LogP contribution in [0.15, 0.2) is 37.2 Å². The third-order valence-corrected chi connectivity index (χ3v) is 4.08. The Labute approximate surface area is 132 Å². The smallest absolute Gasteiger partial charge is 0.256 e. The first-order valence-electron chi connectivity index (χ1n) is 7.56. The second-order valence-electron chi connectivity index (χ2n) is 5.37. The Kier molecular flexibility index (Phi) is 6.63. The fourth-order valence-corrected chi connectivity index (χ4v) is 2.91. The van der Waals surface area contributed by atoms with Gasteiger partial charge in [-0.25, -0.2) is 0 Å². The molecule has 1 saturated heterocycles. The lowest BCUT2D eigenvalue weighted by Crippen LogP contribution is -2.92. The summed E-state index contributed by atoms with van der Waals surface area (Å²) in [6.45, 7) is 4.96. The Bertz CT molecular complexity index is 452. The molecule has 1 aliphatic rings. The summed E-state index contributed by atoms with van der Waals surface area (Å²) in [6, 6.07) is 5.32. The van der Waals surface area contributed by atoms with Crippen molar-refractivity contribution in [3.05, 3.63) is 42.7 Å². The number of piperidine rings is 1. The fourth-order valence-electron chi connectivity index (χ4n) is 2.74.